The molecule has 1 aromatic heterocycles. The number of hydrogen-bond acceptors (Lipinski definition) is 2. The molecule has 2 aromatic rings. The number of rotatable bonds is 1. The Kier molecular flexibility index (Phi) is 3.17. The van der Waals surface area contributed by atoms with Gasteiger partial charge < -0.3 is 4.90 Å². The van der Waals surface area contributed by atoms with Gasteiger partial charge in [0, 0.05) is 17.5 Å². The zero-order chi connectivity index (χ0) is 14.3. The number of pyridine rings is 1. The van der Waals surface area contributed by atoms with Gasteiger partial charge in [0.05, 0.1) is 11.1 Å². The SMILES string of the molecule is CC1(C)CCCN1C(=O)c1cc(Cl)nc2ccccc12. The first-order valence-electron chi connectivity index (χ1n) is 6.86. The lowest BCUT2D eigenvalue weighted by molar-refractivity contribution is 0.0654. The van der Waals surface area contributed by atoms with Crippen LogP contribution in [0.15, 0.2) is 30.3 Å². The minimum Gasteiger partial charge on any atom is -0.334 e. The summed E-state index contributed by atoms with van der Waals surface area (Å²) in [6.45, 7) is 5.03. The summed E-state index contributed by atoms with van der Waals surface area (Å²) in [4.78, 5) is 19.1. The predicted octanol–water partition coefficient (Wildman–Crippen LogP) is 3.90. The molecule has 1 aromatic carbocycles. The number of carbonyl (C=O) groups is 1. The van der Waals surface area contributed by atoms with E-state index in [2.05, 4.69) is 18.8 Å². The fraction of sp³-hybridized carbons (Fsp3) is 0.375. The number of likely N-dealkylation sites (tertiary alicyclic amines) is 1. The Bertz CT molecular complexity index is 681. The summed E-state index contributed by atoms with van der Waals surface area (Å²) in [5, 5.41) is 1.23. The number of aromatic nitrogens is 1. The van der Waals surface area contributed by atoms with Crippen LogP contribution in [-0.4, -0.2) is 27.9 Å². The Morgan fingerprint density at radius 3 is 2.80 bits per heavy atom. The first-order valence-corrected chi connectivity index (χ1v) is 7.24. The van der Waals surface area contributed by atoms with Gasteiger partial charge in [0.2, 0.25) is 0 Å². The molecule has 0 spiro atoms. The molecular weight excluding hydrogens is 272 g/mol. The first-order chi connectivity index (χ1) is 9.49. The Balaban J connectivity index is 2.12. The van der Waals surface area contributed by atoms with Gasteiger partial charge in [0.15, 0.2) is 0 Å². The van der Waals surface area contributed by atoms with E-state index in [1.807, 2.05) is 29.2 Å². The Hall–Kier alpha value is -1.61. The number of para-hydroxylation sites is 1. The van der Waals surface area contributed by atoms with Crippen molar-refractivity contribution in [2.45, 2.75) is 32.2 Å². The predicted molar refractivity (Wildman–Crippen MR) is 81.1 cm³/mol. The van der Waals surface area contributed by atoms with Crippen LogP contribution in [0.4, 0.5) is 0 Å². The number of benzene rings is 1. The van der Waals surface area contributed by atoms with Crippen molar-refractivity contribution in [2.75, 3.05) is 6.54 Å². The van der Waals surface area contributed by atoms with Gasteiger partial charge in [-0.05, 0) is 38.8 Å². The fourth-order valence-corrected chi connectivity index (χ4v) is 3.15. The molecule has 1 fully saturated rings. The Morgan fingerprint density at radius 2 is 2.10 bits per heavy atom. The van der Waals surface area contributed by atoms with E-state index in [0.717, 1.165) is 30.3 Å². The van der Waals surface area contributed by atoms with Crippen molar-refractivity contribution in [1.82, 2.24) is 9.88 Å². The third kappa shape index (κ3) is 2.16. The number of halogens is 1. The molecule has 0 unspecified atom stereocenters. The second kappa shape index (κ2) is 4.74. The molecule has 4 heteroatoms. The van der Waals surface area contributed by atoms with Crippen LogP contribution in [0.2, 0.25) is 5.15 Å². The summed E-state index contributed by atoms with van der Waals surface area (Å²) in [6.07, 6.45) is 2.09. The van der Waals surface area contributed by atoms with Crippen LogP contribution >= 0.6 is 11.6 Å². The van der Waals surface area contributed by atoms with Crippen LogP contribution < -0.4 is 0 Å². The van der Waals surface area contributed by atoms with Crippen molar-refractivity contribution in [2.24, 2.45) is 0 Å². The van der Waals surface area contributed by atoms with Gasteiger partial charge in [-0.3, -0.25) is 4.79 Å². The van der Waals surface area contributed by atoms with Gasteiger partial charge in [-0.25, -0.2) is 4.98 Å². The lowest BCUT2D eigenvalue weighted by atomic mass is 10.0. The van der Waals surface area contributed by atoms with E-state index >= 15 is 0 Å². The molecule has 2 heterocycles. The van der Waals surface area contributed by atoms with Crippen LogP contribution in [0, 0.1) is 0 Å². The van der Waals surface area contributed by atoms with Crippen molar-refractivity contribution >= 4 is 28.4 Å². The lowest BCUT2D eigenvalue weighted by Crippen LogP contribution is -2.42. The highest BCUT2D eigenvalue weighted by Gasteiger charge is 2.36. The molecule has 3 nitrogen and oxygen atoms in total. The lowest BCUT2D eigenvalue weighted by Gasteiger charge is -2.32. The second-order valence-corrected chi connectivity index (χ2v) is 6.27. The molecule has 1 aliphatic heterocycles. The molecule has 0 aliphatic carbocycles. The number of hydrogen-bond donors (Lipinski definition) is 0. The topological polar surface area (TPSA) is 33.2 Å². The number of amides is 1. The highest BCUT2D eigenvalue weighted by atomic mass is 35.5. The molecule has 20 heavy (non-hydrogen) atoms. The smallest absolute Gasteiger partial charge is 0.255 e. The fourth-order valence-electron chi connectivity index (χ4n) is 2.95. The van der Waals surface area contributed by atoms with Crippen molar-refractivity contribution in [3.8, 4) is 0 Å². The van der Waals surface area contributed by atoms with E-state index < -0.39 is 0 Å². The quantitative estimate of drug-likeness (QED) is 0.746. The normalized spacial score (nSPS) is 17.6. The summed E-state index contributed by atoms with van der Waals surface area (Å²) in [5.41, 5.74) is 1.32. The molecule has 104 valence electrons. The number of fused-ring (bicyclic) bond motifs is 1. The first kappa shape index (κ1) is 13.4. The van der Waals surface area contributed by atoms with Crippen LogP contribution in [-0.2, 0) is 0 Å². The summed E-state index contributed by atoms with van der Waals surface area (Å²) >= 11 is 6.06. The van der Waals surface area contributed by atoms with Crippen molar-refractivity contribution in [3.63, 3.8) is 0 Å². The third-order valence-corrected chi connectivity index (χ3v) is 4.26. The van der Waals surface area contributed by atoms with Gasteiger partial charge in [0.1, 0.15) is 5.15 Å². The highest BCUT2D eigenvalue weighted by Crippen LogP contribution is 2.31. The van der Waals surface area contributed by atoms with Crippen LogP contribution in [0.3, 0.4) is 0 Å². The molecule has 0 bridgehead atoms. The van der Waals surface area contributed by atoms with Gasteiger partial charge in [-0.15, -0.1) is 0 Å². The Morgan fingerprint density at radius 1 is 1.35 bits per heavy atom. The van der Waals surface area contributed by atoms with Crippen LogP contribution in [0.25, 0.3) is 10.9 Å². The summed E-state index contributed by atoms with van der Waals surface area (Å²) in [7, 11) is 0. The zero-order valence-corrected chi connectivity index (χ0v) is 12.4. The summed E-state index contributed by atoms with van der Waals surface area (Å²) in [6, 6.07) is 9.31. The molecule has 3 rings (SSSR count). The number of nitrogens with zero attached hydrogens (tertiary/aromatic N) is 2. The molecule has 1 amide bonds. The minimum absolute atomic E-state index is 0.0491. The summed E-state index contributed by atoms with van der Waals surface area (Å²) < 4.78 is 0. The van der Waals surface area contributed by atoms with E-state index in [1.165, 1.54) is 0 Å². The van der Waals surface area contributed by atoms with E-state index in [-0.39, 0.29) is 11.4 Å². The van der Waals surface area contributed by atoms with Crippen molar-refractivity contribution < 1.29 is 4.79 Å². The average Bonchev–Trinajstić information content (AvgIpc) is 2.76. The standard InChI is InChI=1S/C16H17ClN2O/c1-16(2)8-5-9-19(16)15(20)12-10-14(17)18-13-7-4-3-6-11(12)13/h3-4,6-7,10H,5,8-9H2,1-2H3. The van der Waals surface area contributed by atoms with E-state index in [9.17, 15) is 4.79 Å². The van der Waals surface area contributed by atoms with Crippen LogP contribution in [0.1, 0.15) is 37.0 Å². The number of carbonyl (C=O) groups excluding carboxylic acids is 1. The Labute approximate surface area is 123 Å². The summed E-state index contributed by atoms with van der Waals surface area (Å²) in [5.74, 6) is 0.0491. The largest absolute Gasteiger partial charge is 0.334 e. The molecule has 1 saturated heterocycles. The van der Waals surface area contributed by atoms with Crippen molar-refractivity contribution in [1.29, 1.82) is 0 Å². The minimum atomic E-state index is -0.0894. The maximum Gasteiger partial charge on any atom is 0.255 e. The van der Waals surface area contributed by atoms with E-state index in [4.69, 9.17) is 11.6 Å². The second-order valence-electron chi connectivity index (χ2n) is 5.88. The van der Waals surface area contributed by atoms with Gasteiger partial charge in [0.25, 0.3) is 5.91 Å². The van der Waals surface area contributed by atoms with Crippen LogP contribution in [0.5, 0.6) is 0 Å². The molecule has 0 N–H and O–H groups in total. The average molecular weight is 289 g/mol. The van der Waals surface area contributed by atoms with Gasteiger partial charge in [-0.1, -0.05) is 29.8 Å². The van der Waals surface area contributed by atoms with Gasteiger partial charge >= 0.3 is 0 Å². The van der Waals surface area contributed by atoms with E-state index in [0.29, 0.717) is 10.7 Å². The monoisotopic (exact) mass is 288 g/mol. The van der Waals surface area contributed by atoms with E-state index in [1.54, 1.807) is 6.07 Å². The maximum atomic E-state index is 12.9. The van der Waals surface area contributed by atoms with Crippen molar-refractivity contribution in [3.05, 3.63) is 41.0 Å². The molecule has 1 aliphatic rings. The molecule has 0 atom stereocenters. The molecule has 0 saturated carbocycles. The van der Waals surface area contributed by atoms with Gasteiger partial charge in [-0.2, -0.15) is 0 Å². The molecule has 0 radical (unpaired) electrons. The molecular formula is C16H17ClN2O. The maximum absolute atomic E-state index is 12.9. The highest BCUT2D eigenvalue weighted by molar-refractivity contribution is 6.30. The zero-order valence-electron chi connectivity index (χ0n) is 11.7. The third-order valence-electron chi connectivity index (χ3n) is 4.06.